The summed E-state index contributed by atoms with van der Waals surface area (Å²) in [5.74, 6) is 1.97. The van der Waals surface area contributed by atoms with Gasteiger partial charge < -0.3 is 15.2 Å². The predicted octanol–water partition coefficient (Wildman–Crippen LogP) is 2.84. The Labute approximate surface area is 155 Å². The van der Waals surface area contributed by atoms with E-state index in [1.807, 2.05) is 13.0 Å². The van der Waals surface area contributed by atoms with Crippen molar-refractivity contribution in [3.8, 4) is 22.9 Å². The molecule has 0 aliphatic rings. The molecule has 9 heteroatoms. The smallest absolute Gasteiger partial charge is 0.270 e. The standard InChI is InChI=1S/C18H19N5O4/c1-3-27-15-10-11(7-8-14(15)26-2)16(19)18-20-17(21-22-18)12-5-4-6-13(9-12)23(24)25/h4-10,16H,3,19H2,1-2H3,(H,20,21,22). The monoisotopic (exact) mass is 369 g/mol. The van der Waals surface area contributed by atoms with Gasteiger partial charge in [0.05, 0.1) is 24.7 Å². The number of hydrogen-bond donors (Lipinski definition) is 2. The molecule has 0 radical (unpaired) electrons. The van der Waals surface area contributed by atoms with Gasteiger partial charge in [0.1, 0.15) is 5.82 Å². The van der Waals surface area contributed by atoms with Gasteiger partial charge in [-0.3, -0.25) is 15.2 Å². The number of nitrogens with one attached hydrogen (secondary N) is 1. The van der Waals surface area contributed by atoms with Crippen molar-refractivity contribution in [1.82, 2.24) is 15.2 Å². The lowest BCUT2D eigenvalue weighted by Crippen LogP contribution is -2.14. The maximum Gasteiger partial charge on any atom is 0.270 e. The lowest BCUT2D eigenvalue weighted by atomic mass is 10.1. The van der Waals surface area contributed by atoms with E-state index in [0.29, 0.717) is 35.3 Å². The molecule has 27 heavy (non-hydrogen) atoms. The number of benzene rings is 2. The molecule has 3 rings (SSSR count). The molecular formula is C18H19N5O4. The molecule has 3 N–H and O–H groups in total. The van der Waals surface area contributed by atoms with E-state index in [9.17, 15) is 10.1 Å². The maximum absolute atomic E-state index is 10.9. The fourth-order valence-corrected chi connectivity index (χ4v) is 2.61. The summed E-state index contributed by atoms with van der Waals surface area (Å²) in [7, 11) is 1.57. The van der Waals surface area contributed by atoms with Gasteiger partial charge in [-0.15, -0.1) is 0 Å². The summed E-state index contributed by atoms with van der Waals surface area (Å²) >= 11 is 0. The van der Waals surface area contributed by atoms with Crippen LogP contribution in [0.1, 0.15) is 24.4 Å². The number of aromatic nitrogens is 3. The van der Waals surface area contributed by atoms with Crippen LogP contribution in [0.3, 0.4) is 0 Å². The summed E-state index contributed by atoms with van der Waals surface area (Å²) in [6.45, 7) is 2.38. The second-order valence-electron chi connectivity index (χ2n) is 5.67. The predicted molar refractivity (Wildman–Crippen MR) is 98.7 cm³/mol. The number of ether oxygens (including phenoxy) is 2. The van der Waals surface area contributed by atoms with Gasteiger partial charge in [-0.25, -0.2) is 4.98 Å². The highest BCUT2D eigenvalue weighted by Gasteiger charge is 2.18. The summed E-state index contributed by atoms with van der Waals surface area (Å²) in [6.07, 6.45) is 0. The Morgan fingerprint density at radius 2 is 2.07 bits per heavy atom. The molecule has 140 valence electrons. The third-order valence-electron chi connectivity index (χ3n) is 3.96. The molecule has 3 aromatic rings. The Bertz CT molecular complexity index is 956. The highest BCUT2D eigenvalue weighted by atomic mass is 16.6. The van der Waals surface area contributed by atoms with Crippen molar-refractivity contribution in [2.24, 2.45) is 5.73 Å². The Morgan fingerprint density at radius 1 is 1.26 bits per heavy atom. The van der Waals surface area contributed by atoms with E-state index >= 15 is 0 Å². The van der Waals surface area contributed by atoms with Crippen LogP contribution < -0.4 is 15.2 Å². The van der Waals surface area contributed by atoms with Crippen LogP contribution in [0.25, 0.3) is 11.4 Å². The lowest BCUT2D eigenvalue weighted by molar-refractivity contribution is -0.384. The van der Waals surface area contributed by atoms with Gasteiger partial charge in [-0.2, -0.15) is 5.10 Å². The molecule has 0 saturated heterocycles. The summed E-state index contributed by atoms with van der Waals surface area (Å²) in [5.41, 5.74) is 7.57. The molecule has 0 saturated carbocycles. The van der Waals surface area contributed by atoms with E-state index in [0.717, 1.165) is 5.56 Å². The summed E-state index contributed by atoms with van der Waals surface area (Å²) in [6, 6.07) is 10.9. The fourth-order valence-electron chi connectivity index (χ4n) is 2.61. The van der Waals surface area contributed by atoms with Crippen molar-refractivity contribution in [3.63, 3.8) is 0 Å². The third kappa shape index (κ3) is 3.87. The normalized spacial score (nSPS) is 11.8. The summed E-state index contributed by atoms with van der Waals surface area (Å²) in [5, 5.41) is 17.9. The van der Waals surface area contributed by atoms with Gasteiger partial charge in [0.15, 0.2) is 17.3 Å². The van der Waals surface area contributed by atoms with Crippen molar-refractivity contribution in [1.29, 1.82) is 0 Å². The van der Waals surface area contributed by atoms with Crippen LogP contribution in [-0.2, 0) is 0 Å². The highest BCUT2D eigenvalue weighted by Crippen LogP contribution is 2.31. The number of non-ortho nitro benzene ring substituents is 1. The number of methoxy groups -OCH3 is 1. The quantitative estimate of drug-likeness (QED) is 0.484. The molecule has 2 aromatic carbocycles. The topological polar surface area (TPSA) is 129 Å². The highest BCUT2D eigenvalue weighted by molar-refractivity contribution is 5.59. The van der Waals surface area contributed by atoms with Crippen LogP contribution in [0.5, 0.6) is 11.5 Å². The van der Waals surface area contributed by atoms with Crippen LogP contribution in [-0.4, -0.2) is 33.8 Å². The molecule has 9 nitrogen and oxygen atoms in total. The number of nitrogens with zero attached hydrogens (tertiary/aromatic N) is 3. The second kappa shape index (κ2) is 7.83. The van der Waals surface area contributed by atoms with Crippen molar-refractivity contribution < 1.29 is 14.4 Å². The van der Waals surface area contributed by atoms with Gasteiger partial charge in [-0.1, -0.05) is 18.2 Å². The van der Waals surface area contributed by atoms with E-state index < -0.39 is 11.0 Å². The van der Waals surface area contributed by atoms with E-state index in [4.69, 9.17) is 15.2 Å². The van der Waals surface area contributed by atoms with Gasteiger partial charge in [-0.05, 0) is 24.6 Å². The third-order valence-corrected chi connectivity index (χ3v) is 3.96. The average Bonchev–Trinajstić information content (AvgIpc) is 3.18. The minimum absolute atomic E-state index is 0.0281. The Balaban J connectivity index is 1.89. The van der Waals surface area contributed by atoms with E-state index in [2.05, 4.69) is 15.2 Å². The number of hydrogen-bond acceptors (Lipinski definition) is 7. The molecule has 0 fully saturated rings. The molecule has 0 aliphatic heterocycles. The Hall–Kier alpha value is -3.46. The van der Waals surface area contributed by atoms with Gasteiger partial charge in [0, 0.05) is 17.7 Å². The average molecular weight is 369 g/mol. The van der Waals surface area contributed by atoms with Crippen molar-refractivity contribution in [3.05, 3.63) is 64.0 Å². The van der Waals surface area contributed by atoms with Gasteiger partial charge in [0.25, 0.3) is 5.69 Å². The first-order valence-electron chi connectivity index (χ1n) is 8.27. The van der Waals surface area contributed by atoms with Crippen LogP contribution in [0.15, 0.2) is 42.5 Å². The number of nitro groups is 1. The molecule has 0 aliphatic carbocycles. The largest absolute Gasteiger partial charge is 0.493 e. The van der Waals surface area contributed by atoms with Crippen LogP contribution in [0.2, 0.25) is 0 Å². The van der Waals surface area contributed by atoms with Crippen LogP contribution >= 0.6 is 0 Å². The van der Waals surface area contributed by atoms with Crippen molar-refractivity contribution in [2.75, 3.05) is 13.7 Å². The van der Waals surface area contributed by atoms with Gasteiger partial charge >= 0.3 is 0 Å². The fraction of sp³-hybridized carbons (Fsp3) is 0.222. The lowest BCUT2D eigenvalue weighted by Gasteiger charge is -2.14. The maximum atomic E-state index is 10.9. The number of nitrogens with two attached hydrogens (primary N) is 1. The zero-order chi connectivity index (χ0) is 19.4. The van der Waals surface area contributed by atoms with E-state index in [1.165, 1.54) is 12.1 Å². The van der Waals surface area contributed by atoms with E-state index in [1.54, 1.807) is 31.4 Å². The number of rotatable bonds is 7. The molecule has 1 aromatic heterocycles. The molecular weight excluding hydrogens is 350 g/mol. The Kier molecular flexibility index (Phi) is 5.32. The molecule has 1 atom stereocenters. The number of nitro benzene ring substituents is 1. The van der Waals surface area contributed by atoms with E-state index in [-0.39, 0.29) is 5.69 Å². The first-order valence-corrected chi connectivity index (χ1v) is 8.27. The van der Waals surface area contributed by atoms with Crippen LogP contribution in [0.4, 0.5) is 5.69 Å². The summed E-state index contributed by atoms with van der Waals surface area (Å²) in [4.78, 5) is 14.9. The zero-order valence-electron chi connectivity index (χ0n) is 14.9. The first kappa shape index (κ1) is 18.3. The second-order valence-corrected chi connectivity index (χ2v) is 5.67. The van der Waals surface area contributed by atoms with Crippen molar-refractivity contribution >= 4 is 5.69 Å². The molecule has 0 amide bonds. The molecule has 0 spiro atoms. The molecule has 0 bridgehead atoms. The summed E-state index contributed by atoms with van der Waals surface area (Å²) < 4.78 is 10.8. The molecule has 1 heterocycles. The minimum atomic E-state index is -0.574. The Morgan fingerprint density at radius 3 is 2.78 bits per heavy atom. The first-order chi connectivity index (χ1) is 13.0. The van der Waals surface area contributed by atoms with Crippen molar-refractivity contribution in [2.45, 2.75) is 13.0 Å². The number of H-pyrrole nitrogens is 1. The minimum Gasteiger partial charge on any atom is -0.493 e. The number of aromatic amines is 1. The SMILES string of the molecule is CCOc1cc(C(N)c2nc(-c3cccc([N+](=O)[O-])c3)n[nH]2)ccc1OC. The van der Waals surface area contributed by atoms with Crippen LogP contribution in [0, 0.1) is 10.1 Å². The zero-order valence-corrected chi connectivity index (χ0v) is 14.9. The van der Waals surface area contributed by atoms with Gasteiger partial charge in [0.2, 0.25) is 0 Å². The molecule has 1 unspecified atom stereocenters.